The van der Waals surface area contributed by atoms with Gasteiger partial charge >= 0.3 is 0 Å². The minimum Gasteiger partial charge on any atom is -0.360 e. The first-order chi connectivity index (χ1) is 9.84. The summed E-state index contributed by atoms with van der Waals surface area (Å²) in [4.78, 5) is 12.1. The largest absolute Gasteiger partial charge is 0.360 e. The number of fused-ring (bicyclic) bond motifs is 1. The summed E-state index contributed by atoms with van der Waals surface area (Å²) in [5.41, 5.74) is 2.84. The summed E-state index contributed by atoms with van der Waals surface area (Å²) >= 11 is 0. The Kier molecular flexibility index (Phi) is 4.16. The second-order valence-corrected chi connectivity index (χ2v) is 5.47. The van der Waals surface area contributed by atoms with E-state index in [1.165, 1.54) is 31.3 Å². The molecule has 0 saturated heterocycles. The Morgan fingerprint density at radius 2 is 2.35 bits per heavy atom. The third kappa shape index (κ3) is 2.93. The number of aromatic nitrogens is 1. The molecule has 108 valence electrons. The standard InChI is InChI=1S/C15H21N3O2/c19-15(17-9-6-11-4-2-1-3-5-11)14-12-10-16-8-7-13(12)20-18-14/h4,16H,1-3,5-10H2,(H,17,19). The number of hydrogen-bond acceptors (Lipinski definition) is 4. The van der Waals surface area contributed by atoms with Gasteiger partial charge in [0.15, 0.2) is 5.69 Å². The third-order valence-corrected chi connectivity index (χ3v) is 4.03. The third-order valence-electron chi connectivity index (χ3n) is 4.03. The summed E-state index contributed by atoms with van der Waals surface area (Å²) in [7, 11) is 0. The van der Waals surface area contributed by atoms with Crippen LogP contribution in [0.25, 0.3) is 0 Å². The van der Waals surface area contributed by atoms with Crippen molar-refractivity contribution in [2.75, 3.05) is 13.1 Å². The normalized spacial score (nSPS) is 18.3. The Morgan fingerprint density at radius 3 is 3.20 bits per heavy atom. The predicted octanol–water partition coefficient (Wildman–Crippen LogP) is 1.94. The number of nitrogens with one attached hydrogen (secondary N) is 2. The number of carbonyl (C=O) groups is 1. The molecule has 1 aromatic heterocycles. The van der Waals surface area contributed by atoms with Gasteiger partial charge in [0.05, 0.1) is 0 Å². The van der Waals surface area contributed by atoms with Crippen LogP contribution in [0.1, 0.15) is 53.9 Å². The van der Waals surface area contributed by atoms with E-state index >= 15 is 0 Å². The van der Waals surface area contributed by atoms with Gasteiger partial charge in [0, 0.05) is 31.6 Å². The van der Waals surface area contributed by atoms with Crippen LogP contribution in [0.5, 0.6) is 0 Å². The van der Waals surface area contributed by atoms with Crippen molar-refractivity contribution in [3.63, 3.8) is 0 Å². The highest BCUT2D eigenvalue weighted by atomic mass is 16.5. The monoisotopic (exact) mass is 275 g/mol. The summed E-state index contributed by atoms with van der Waals surface area (Å²) in [6.45, 7) is 2.24. The molecule has 20 heavy (non-hydrogen) atoms. The van der Waals surface area contributed by atoms with Crippen molar-refractivity contribution in [3.8, 4) is 0 Å². The zero-order chi connectivity index (χ0) is 13.8. The van der Waals surface area contributed by atoms with E-state index in [1.807, 2.05) is 0 Å². The molecule has 1 aliphatic heterocycles. The zero-order valence-corrected chi connectivity index (χ0v) is 11.7. The van der Waals surface area contributed by atoms with Crippen molar-refractivity contribution in [2.45, 2.75) is 45.1 Å². The molecule has 0 spiro atoms. The van der Waals surface area contributed by atoms with Gasteiger partial charge in [-0.1, -0.05) is 16.8 Å². The fraction of sp³-hybridized carbons (Fsp3) is 0.600. The van der Waals surface area contributed by atoms with Gasteiger partial charge in [-0.05, 0) is 32.1 Å². The Balaban J connectivity index is 1.54. The summed E-state index contributed by atoms with van der Waals surface area (Å²) in [5, 5.41) is 10.1. The molecule has 3 rings (SSSR count). The van der Waals surface area contributed by atoms with Gasteiger partial charge in [-0.25, -0.2) is 0 Å². The lowest BCUT2D eigenvalue weighted by atomic mass is 9.97. The van der Waals surface area contributed by atoms with Crippen molar-refractivity contribution in [1.82, 2.24) is 15.8 Å². The summed E-state index contributed by atoms with van der Waals surface area (Å²) in [5.74, 6) is 0.735. The lowest BCUT2D eigenvalue weighted by molar-refractivity contribution is 0.0944. The van der Waals surface area contributed by atoms with E-state index in [2.05, 4.69) is 21.9 Å². The van der Waals surface area contributed by atoms with Crippen LogP contribution in [-0.4, -0.2) is 24.2 Å². The molecule has 5 heteroatoms. The maximum atomic E-state index is 12.1. The first-order valence-corrected chi connectivity index (χ1v) is 7.49. The molecule has 0 saturated carbocycles. The fourth-order valence-corrected chi connectivity index (χ4v) is 2.87. The van der Waals surface area contributed by atoms with Crippen molar-refractivity contribution >= 4 is 5.91 Å². The second kappa shape index (κ2) is 6.22. The number of rotatable bonds is 4. The Bertz CT molecular complexity index is 519. The van der Waals surface area contributed by atoms with E-state index in [0.717, 1.165) is 30.7 Å². The first-order valence-electron chi connectivity index (χ1n) is 7.49. The zero-order valence-electron chi connectivity index (χ0n) is 11.7. The van der Waals surface area contributed by atoms with Crippen LogP contribution >= 0.6 is 0 Å². The molecule has 0 unspecified atom stereocenters. The summed E-state index contributed by atoms with van der Waals surface area (Å²) in [6, 6.07) is 0. The van der Waals surface area contributed by atoms with E-state index < -0.39 is 0 Å². The maximum Gasteiger partial charge on any atom is 0.273 e. The molecule has 2 heterocycles. The molecule has 0 radical (unpaired) electrons. The van der Waals surface area contributed by atoms with Crippen LogP contribution in [0, 0.1) is 0 Å². The van der Waals surface area contributed by atoms with Crippen molar-refractivity contribution in [3.05, 3.63) is 28.7 Å². The Labute approximate surface area is 118 Å². The number of allylic oxidation sites excluding steroid dienone is 1. The molecule has 0 atom stereocenters. The second-order valence-electron chi connectivity index (χ2n) is 5.47. The number of amides is 1. The minimum absolute atomic E-state index is 0.116. The Hall–Kier alpha value is -1.62. The summed E-state index contributed by atoms with van der Waals surface area (Å²) < 4.78 is 5.24. The molecular weight excluding hydrogens is 254 g/mol. The fourth-order valence-electron chi connectivity index (χ4n) is 2.87. The van der Waals surface area contributed by atoms with Crippen LogP contribution in [0.4, 0.5) is 0 Å². The molecule has 2 N–H and O–H groups in total. The topological polar surface area (TPSA) is 67.2 Å². The van der Waals surface area contributed by atoms with E-state index in [-0.39, 0.29) is 5.91 Å². The van der Waals surface area contributed by atoms with E-state index in [4.69, 9.17) is 4.52 Å². The van der Waals surface area contributed by atoms with Gasteiger partial charge in [-0.15, -0.1) is 0 Å². The average Bonchev–Trinajstić information content (AvgIpc) is 2.92. The Morgan fingerprint density at radius 1 is 1.40 bits per heavy atom. The summed E-state index contributed by atoms with van der Waals surface area (Å²) in [6.07, 6.45) is 9.02. The number of hydrogen-bond donors (Lipinski definition) is 2. The first kappa shape index (κ1) is 13.4. The molecule has 0 bridgehead atoms. The van der Waals surface area contributed by atoms with Gasteiger partial charge in [0.1, 0.15) is 5.76 Å². The van der Waals surface area contributed by atoms with Gasteiger partial charge in [0.25, 0.3) is 5.91 Å². The maximum absolute atomic E-state index is 12.1. The molecule has 0 aromatic carbocycles. The SMILES string of the molecule is O=C(NCCC1=CCCCC1)c1noc2c1CNCC2. The van der Waals surface area contributed by atoms with E-state index in [1.54, 1.807) is 0 Å². The molecule has 1 aromatic rings. The van der Waals surface area contributed by atoms with Gasteiger partial charge < -0.3 is 15.2 Å². The highest BCUT2D eigenvalue weighted by Crippen LogP contribution is 2.20. The van der Waals surface area contributed by atoms with Gasteiger partial charge in [-0.2, -0.15) is 0 Å². The quantitative estimate of drug-likeness (QED) is 0.824. The van der Waals surface area contributed by atoms with E-state index in [0.29, 0.717) is 18.8 Å². The lowest BCUT2D eigenvalue weighted by Crippen LogP contribution is -2.29. The molecule has 1 aliphatic carbocycles. The lowest BCUT2D eigenvalue weighted by Gasteiger charge is -2.13. The van der Waals surface area contributed by atoms with Crippen LogP contribution in [0.2, 0.25) is 0 Å². The smallest absolute Gasteiger partial charge is 0.273 e. The molecular formula is C15H21N3O2. The number of nitrogens with zero attached hydrogens (tertiary/aromatic N) is 1. The van der Waals surface area contributed by atoms with E-state index in [9.17, 15) is 4.79 Å². The van der Waals surface area contributed by atoms with Gasteiger partial charge in [-0.3, -0.25) is 4.79 Å². The van der Waals surface area contributed by atoms with Crippen molar-refractivity contribution in [2.24, 2.45) is 0 Å². The number of carbonyl (C=O) groups excluding carboxylic acids is 1. The van der Waals surface area contributed by atoms with Crippen LogP contribution in [0.3, 0.4) is 0 Å². The molecule has 0 fully saturated rings. The van der Waals surface area contributed by atoms with Gasteiger partial charge in [0.2, 0.25) is 0 Å². The highest BCUT2D eigenvalue weighted by molar-refractivity contribution is 5.93. The minimum atomic E-state index is -0.116. The van der Waals surface area contributed by atoms with Crippen molar-refractivity contribution < 1.29 is 9.32 Å². The average molecular weight is 275 g/mol. The highest BCUT2D eigenvalue weighted by Gasteiger charge is 2.23. The van der Waals surface area contributed by atoms with Crippen molar-refractivity contribution in [1.29, 1.82) is 0 Å². The molecule has 1 amide bonds. The van der Waals surface area contributed by atoms with Crippen LogP contribution < -0.4 is 10.6 Å². The molecule has 5 nitrogen and oxygen atoms in total. The predicted molar refractivity (Wildman–Crippen MR) is 75.4 cm³/mol. The van der Waals surface area contributed by atoms with Crippen LogP contribution in [-0.2, 0) is 13.0 Å². The van der Waals surface area contributed by atoms with Crippen LogP contribution in [0.15, 0.2) is 16.2 Å². The molecule has 2 aliphatic rings.